The molecule has 0 atom stereocenters. The molecule has 4 fully saturated rings. The molecule has 7 heteroatoms. The summed E-state index contributed by atoms with van der Waals surface area (Å²) in [5, 5.41) is 14.2. The molecule has 1 amide bonds. The SMILES string of the molecule is O=C(NCC1CC1)c1cc(N2CCN3CCC2CC3)ccc1[N+](=O)[O-]. The number of nitro groups is 1. The third-order valence-corrected chi connectivity index (χ3v) is 5.66. The summed E-state index contributed by atoms with van der Waals surface area (Å²) in [7, 11) is 0. The van der Waals surface area contributed by atoms with Crippen LogP contribution in [0.4, 0.5) is 11.4 Å². The van der Waals surface area contributed by atoms with Gasteiger partial charge in [-0.1, -0.05) is 0 Å². The number of piperidine rings is 1. The Balaban J connectivity index is 1.60. The van der Waals surface area contributed by atoms with E-state index in [1.807, 2.05) is 0 Å². The summed E-state index contributed by atoms with van der Waals surface area (Å²) in [6.45, 7) is 4.76. The van der Waals surface area contributed by atoms with Crippen LogP contribution in [0, 0.1) is 16.0 Å². The predicted molar refractivity (Wildman–Crippen MR) is 95.0 cm³/mol. The first kappa shape index (κ1) is 16.3. The highest BCUT2D eigenvalue weighted by molar-refractivity contribution is 5.99. The molecule has 1 aromatic carbocycles. The molecule has 1 aromatic rings. The van der Waals surface area contributed by atoms with E-state index in [4.69, 9.17) is 0 Å². The number of carbonyl (C=O) groups is 1. The maximum atomic E-state index is 12.5. The van der Waals surface area contributed by atoms with Gasteiger partial charge in [-0.3, -0.25) is 14.9 Å². The molecule has 7 nitrogen and oxygen atoms in total. The minimum absolute atomic E-state index is 0.111. The Hall–Kier alpha value is -2.15. The van der Waals surface area contributed by atoms with E-state index in [1.165, 1.54) is 6.07 Å². The summed E-state index contributed by atoms with van der Waals surface area (Å²) in [4.78, 5) is 28.2. The summed E-state index contributed by atoms with van der Waals surface area (Å²) < 4.78 is 0. The van der Waals surface area contributed by atoms with Gasteiger partial charge in [0.05, 0.1) is 4.92 Å². The fourth-order valence-corrected chi connectivity index (χ4v) is 3.92. The third-order valence-electron chi connectivity index (χ3n) is 5.66. The second-order valence-corrected chi connectivity index (χ2v) is 7.38. The van der Waals surface area contributed by atoms with Crippen molar-refractivity contribution in [2.24, 2.45) is 5.92 Å². The lowest BCUT2D eigenvalue weighted by Crippen LogP contribution is -2.38. The summed E-state index contributed by atoms with van der Waals surface area (Å²) >= 11 is 0. The monoisotopic (exact) mass is 344 g/mol. The molecule has 3 heterocycles. The molecule has 1 aliphatic carbocycles. The van der Waals surface area contributed by atoms with E-state index in [0.29, 0.717) is 18.5 Å². The van der Waals surface area contributed by atoms with Crippen molar-refractivity contribution in [1.82, 2.24) is 10.2 Å². The number of benzene rings is 1. The maximum absolute atomic E-state index is 12.5. The predicted octanol–water partition coefficient (Wildman–Crippen LogP) is 2.02. The topological polar surface area (TPSA) is 78.7 Å². The zero-order valence-corrected chi connectivity index (χ0v) is 14.3. The molecule has 2 bridgehead atoms. The smallest absolute Gasteiger partial charge is 0.282 e. The fourth-order valence-electron chi connectivity index (χ4n) is 3.92. The molecule has 3 saturated heterocycles. The van der Waals surface area contributed by atoms with Crippen LogP contribution < -0.4 is 10.2 Å². The Labute approximate surface area is 147 Å². The zero-order valence-electron chi connectivity index (χ0n) is 14.3. The minimum Gasteiger partial charge on any atom is -0.367 e. The summed E-state index contributed by atoms with van der Waals surface area (Å²) in [5.74, 6) is 0.213. The van der Waals surface area contributed by atoms with Crippen LogP contribution in [0.3, 0.4) is 0 Å². The molecule has 0 aromatic heterocycles. The van der Waals surface area contributed by atoms with Crippen LogP contribution in [0.15, 0.2) is 18.2 Å². The molecule has 1 saturated carbocycles. The number of rotatable bonds is 5. The summed E-state index contributed by atoms with van der Waals surface area (Å²) in [6.07, 6.45) is 4.49. The van der Waals surface area contributed by atoms with E-state index >= 15 is 0 Å². The van der Waals surface area contributed by atoms with E-state index in [1.54, 1.807) is 12.1 Å². The van der Waals surface area contributed by atoms with E-state index < -0.39 is 4.92 Å². The van der Waals surface area contributed by atoms with Gasteiger partial charge < -0.3 is 15.1 Å². The average Bonchev–Trinajstić information content (AvgIpc) is 3.47. The van der Waals surface area contributed by atoms with Crippen molar-refractivity contribution in [2.75, 3.05) is 37.6 Å². The first-order valence-electron chi connectivity index (χ1n) is 9.17. The van der Waals surface area contributed by atoms with Crippen molar-refractivity contribution in [3.05, 3.63) is 33.9 Å². The Bertz CT molecular complexity index is 681. The number of nitro benzene ring substituents is 1. The largest absolute Gasteiger partial charge is 0.367 e. The molecule has 3 aliphatic heterocycles. The molecule has 134 valence electrons. The van der Waals surface area contributed by atoms with Gasteiger partial charge in [-0.2, -0.15) is 0 Å². The molecule has 1 N–H and O–H groups in total. The number of carbonyl (C=O) groups excluding carboxylic acids is 1. The van der Waals surface area contributed by atoms with Gasteiger partial charge in [0.1, 0.15) is 5.56 Å². The fraction of sp³-hybridized carbons (Fsp3) is 0.611. The van der Waals surface area contributed by atoms with Crippen LogP contribution in [0.1, 0.15) is 36.0 Å². The van der Waals surface area contributed by atoms with Crippen LogP contribution in [-0.4, -0.2) is 54.5 Å². The van der Waals surface area contributed by atoms with Crippen molar-refractivity contribution >= 4 is 17.3 Å². The first-order valence-corrected chi connectivity index (χ1v) is 9.17. The van der Waals surface area contributed by atoms with Crippen LogP contribution in [0.2, 0.25) is 0 Å². The average molecular weight is 344 g/mol. The number of fused-ring (bicyclic) bond motifs is 4. The standard InChI is InChI=1S/C18H24N4O3/c23-18(19-12-13-1-2-13)16-11-15(3-4-17(16)22(24)25)21-10-9-20-7-5-14(21)6-8-20/h3-4,11,13-14H,1-2,5-10,12H2,(H,19,23). The lowest BCUT2D eigenvalue weighted by atomic mass is 10.0. The number of hydrogen-bond acceptors (Lipinski definition) is 5. The van der Waals surface area contributed by atoms with Gasteiger partial charge in [0.2, 0.25) is 0 Å². The van der Waals surface area contributed by atoms with Crippen molar-refractivity contribution in [3.8, 4) is 0 Å². The van der Waals surface area contributed by atoms with E-state index in [9.17, 15) is 14.9 Å². The van der Waals surface area contributed by atoms with Gasteiger partial charge in [0, 0.05) is 50.5 Å². The Morgan fingerprint density at radius 3 is 2.60 bits per heavy atom. The molecular formula is C18H24N4O3. The van der Waals surface area contributed by atoms with Crippen molar-refractivity contribution < 1.29 is 9.72 Å². The molecule has 0 unspecified atom stereocenters. The van der Waals surface area contributed by atoms with Crippen LogP contribution in [-0.2, 0) is 0 Å². The second-order valence-electron chi connectivity index (χ2n) is 7.38. The van der Waals surface area contributed by atoms with Gasteiger partial charge in [-0.05, 0) is 43.7 Å². The molecule has 0 spiro atoms. The number of nitrogens with zero attached hydrogens (tertiary/aromatic N) is 3. The molecule has 4 aliphatic rings. The van der Waals surface area contributed by atoms with Crippen LogP contribution in [0.25, 0.3) is 0 Å². The number of hydrogen-bond donors (Lipinski definition) is 1. The quantitative estimate of drug-likeness (QED) is 0.653. The lowest BCUT2D eigenvalue weighted by molar-refractivity contribution is -0.385. The van der Waals surface area contributed by atoms with E-state index in [0.717, 1.165) is 57.5 Å². The Morgan fingerprint density at radius 1 is 1.16 bits per heavy atom. The van der Waals surface area contributed by atoms with Crippen molar-refractivity contribution in [3.63, 3.8) is 0 Å². The third kappa shape index (κ3) is 3.46. The molecule has 25 heavy (non-hydrogen) atoms. The lowest BCUT2D eigenvalue weighted by Gasteiger charge is -2.33. The van der Waals surface area contributed by atoms with Crippen molar-refractivity contribution in [2.45, 2.75) is 31.7 Å². The van der Waals surface area contributed by atoms with E-state index in [-0.39, 0.29) is 17.2 Å². The molecule has 0 radical (unpaired) electrons. The Kier molecular flexibility index (Phi) is 4.33. The molecule has 5 rings (SSSR count). The highest BCUT2D eigenvalue weighted by atomic mass is 16.6. The first-order chi connectivity index (χ1) is 12.1. The Morgan fingerprint density at radius 2 is 1.92 bits per heavy atom. The number of amides is 1. The normalized spacial score (nSPS) is 25.5. The highest BCUT2D eigenvalue weighted by Gasteiger charge is 2.31. The van der Waals surface area contributed by atoms with Crippen molar-refractivity contribution in [1.29, 1.82) is 0 Å². The summed E-state index contributed by atoms with van der Waals surface area (Å²) in [6, 6.07) is 5.46. The van der Waals surface area contributed by atoms with Gasteiger partial charge in [0.15, 0.2) is 0 Å². The zero-order chi connectivity index (χ0) is 17.4. The van der Waals surface area contributed by atoms with Gasteiger partial charge in [0.25, 0.3) is 11.6 Å². The van der Waals surface area contributed by atoms with Gasteiger partial charge in [-0.15, -0.1) is 0 Å². The van der Waals surface area contributed by atoms with Gasteiger partial charge >= 0.3 is 0 Å². The van der Waals surface area contributed by atoms with Gasteiger partial charge in [-0.25, -0.2) is 0 Å². The number of nitrogens with one attached hydrogen (secondary N) is 1. The van der Waals surface area contributed by atoms with Crippen LogP contribution in [0.5, 0.6) is 0 Å². The summed E-state index contributed by atoms with van der Waals surface area (Å²) in [5.41, 5.74) is 0.998. The maximum Gasteiger partial charge on any atom is 0.282 e. The van der Waals surface area contributed by atoms with E-state index in [2.05, 4.69) is 15.1 Å². The minimum atomic E-state index is -0.463. The van der Waals surface area contributed by atoms with Crippen LogP contribution >= 0.6 is 0 Å². The molecular weight excluding hydrogens is 320 g/mol. The second kappa shape index (κ2) is 6.63. The highest BCUT2D eigenvalue weighted by Crippen LogP contribution is 2.31. The number of anilines is 1.